The van der Waals surface area contributed by atoms with Crippen molar-refractivity contribution in [2.45, 2.75) is 22.3 Å². The quantitative estimate of drug-likeness (QED) is 0.769. The van der Waals surface area contributed by atoms with E-state index in [4.69, 9.17) is 0 Å². The molecule has 132 valence electrons. The Bertz CT molecular complexity index is 1110. The minimum Gasteiger partial charge on any atom is -0.383 e. The summed E-state index contributed by atoms with van der Waals surface area (Å²) in [6.07, 6.45) is 3.20. The molecule has 5 heteroatoms. The van der Waals surface area contributed by atoms with Crippen LogP contribution in [-0.4, -0.2) is 22.9 Å². The highest BCUT2D eigenvalue weighted by Gasteiger charge is 2.35. The Morgan fingerprint density at radius 1 is 1.15 bits per heavy atom. The highest BCUT2D eigenvalue weighted by Crippen LogP contribution is 2.48. The fourth-order valence-corrected chi connectivity index (χ4v) is 5.33. The van der Waals surface area contributed by atoms with Crippen LogP contribution in [0.1, 0.15) is 23.7 Å². The maximum Gasteiger partial charge on any atom is 0.0850 e. The van der Waals surface area contributed by atoms with Crippen LogP contribution in [-0.2, 0) is 17.8 Å². The predicted octanol–water partition coefficient (Wildman–Crippen LogP) is 3.80. The molecule has 1 aromatic heterocycles. The Balaban J connectivity index is 1.63. The third-order valence-corrected chi connectivity index (χ3v) is 6.87. The topological polar surface area (TPSA) is 37.3 Å². The number of fused-ring (bicyclic) bond motifs is 7. The summed E-state index contributed by atoms with van der Waals surface area (Å²) in [5, 5.41) is 4.68. The Labute approximate surface area is 155 Å². The lowest BCUT2D eigenvalue weighted by molar-refractivity contribution is 0.683. The zero-order chi connectivity index (χ0) is 18.0. The van der Waals surface area contributed by atoms with E-state index in [1.54, 1.807) is 0 Å². The van der Waals surface area contributed by atoms with Crippen LogP contribution in [0.15, 0.2) is 58.5 Å². The summed E-state index contributed by atoms with van der Waals surface area (Å²) >= 11 is 0. The van der Waals surface area contributed by atoms with Crippen LogP contribution >= 0.6 is 0 Å². The number of nitrogens with one attached hydrogen (secondary N) is 1. The van der Waals surface area contributed by atoms with Gasteiger partial charge in [0.1, 0.15) is 0 Å². The van der Waals surface area contributed by atoms with E-state index in [2.05, 4.69) is 35.3 Å². The molecule has 5 rings (SSSR count). The zero-order valence-electron chi connectivity index (χ0n) is 15.1. The summed E-state index contributed by atoms with van der Waals surface area (Å²) in [5.74, 6) is 0. The molecule has 0 amide bonds. The molecule has 1 aliphatic heterocycles. The molecule has 1 aliphatic carbocycles. The second-order valence-electron chi connectivity index (χ2n) is 7.25. The van der Waals surface area contributed by atoms with E-state index >= 15 is 0 Å². The van der Waals surface area contributed by atoms with Crippen LogP contribution in [0.4, 0.5) is 5.69 Å². The van der Waals surface area contributed by atoms with Crippen molar-refractivity contribution in [2.24, 2.45) is 7.05 Å². The van der Waals surface area contributed by atoms with Crippen LogP contribution in [0.5, 0.6) is 0 Å². The van der Waals surface area contributed by atoms with Gasteiger partial charge in [0.15, 0.2) is 0 Å². The summed E-state index contributed by atoms with van der Waals surface area (Å²) < 4.78 is 15.5. The second-order valence-corrected chi connectivity index (χ2v) is 8.73. The monoisotopic (exact) mass is 363 g/mol. The third kappa shape index (κ3) is 2.10. The molecule has 0 saturated heterocycles. The van der Waals surface area contributed by atoms with Crippen molar-refractivity contribution in [3.63, 3.8) is 0 Å². The van der Waals surface area contributed by atoms with Crippen molar-refractivity contribution in [2.75, 3.05) is 19.0 Å². The number of rotatable bonds is 3. The number of hydrogen-bond acceptors (Lipinski definition) is 3. The standard InChI is InChI=1S/C21H21N3OS/c1-23(2)14-5-4-6-15(10-14)26(25)16-7-8-19-17(11-16)20-18-9-13(12-22-18)21(20)24(19)3/h4-8,10-12,18,22H,9H2,1-3H3. The van der Waals surface area contributed by atoms with Crippen molar-refractivity contribution >= 4 is 33.0 Å². The van der Waals surface area contributed by atoms with E-state index in [0.29, 0.717) is 6.04 Å². The Hall–Kier alpha value is -2.53. The minimum atomic E-state index is -1.19. The lowest BCUT2D eigenvalue weighted by Gasteiger charge is -2.13. The molecule has 2 atom stereocenters. The molecule has 2 aliphatic rings. The molecule has 0 fully saturated rings. The fraction of sp³-hybridized carbons (Fsp3) is 0.238. The molecular formula is C21H21N3OS. The van der Waals surface area contributed by atoms with Crippen LogP contribution in [0.2, 0.25) is 0 Å². The molecule has 0 spiro atoms. The third-order valence-electron chi connectivity index (χ3n) is 5.51. The number of nitrogens with zero attached hydrogens (tertiary/aromatic N) is 2. The van der Waals surface area contributed by atoms with Gasteiger partial charge in [0, 0.05) is 65.7 Å². The van der Waals surface area contributed by atoms with Crippen molar-refractivity contribution in [3.05, 3.63) is 59.9 Å². The van der Waals surface area contributed by atoms with Gasteiger partial charge < -0.3 is 14.8 Å². The first kappa shape index (κ1) is 15.7. The predicted molar refractivity (Wildman–Crippen MR) is 107 cm³/mol. The lowest BCUT2D eigenvalue weighted by Crippen LogP contribution is -2.10. The maximum absolute atomic E-state index is 13.2. The number of benzene rings is 2. The van der Waals surface area contributed by atoms with E-state index in [9.17, 15) is 4.21 Å². The number of hydrogen-bond donors (Lipinski definition) is 1. The first-order chi connectivity index (χ1) is 12.5. The molecule has 1 N–H and O–H groups in total. The molecule has 2 bridgehead atoms. The summed E-state index contributed by atoms with van der Waals surface area (Å²) in [4.78, 5) is 3.73. The molecule has 0 saturated carbocycles. The molecule has 4 nitrogen and oxygen atoms in total. The van der Waals surface area contributed by atoms with E-state index in [1.807, 2.05) is 49.3 Å². The molecular weight excluding hydrogens is 342 g/mol. The molecule has 3 aromatic rings. The van der Waals surface area contributed by atoms with Gasteiger partial charge in [0.25, 0.3) is 0 Å². The van der Waals surface area contributed by atoms with Gasteiger partial charge in [-0.05, 0) is 42.0 Å². The zero-order valence-corrected chi connectivity index (χ0v) is 15.9. The van der Waals surface area contributed by atoms with Gasteiger partial charge in [0.2, 0.25) is 0 Å². The van der Waals surface area contributed by atoms with E-state index in [-0.39, 0.29) is 0 Å². The number of anilines is 1. The summed E-state index contributed by atoms with van der Waals surface area (Å²) in [5.41, 5.74) is 6.34. The van der Waals surface area contributed by atoms with Crippen molar-refractivity contribution in [1.82, 2.24) is 9.88 Å². The van der Waals surface area contributed by atoms with E-state index in [1.165, 1.54) is 27.7 Å². The van der Waals surface area contributed by atoms with Crippen molar-refractivity contribution < 1.29 is 4.21 Å². The Morgan fingerprint density at radius 3 is 2.77 bits per heavy atom. The minimum absolute atomic E-state index is 0.365. The molecule has 2 heterocycles. The van der Waals surface area contributed by atoms with Crippen LogP contribution in [0.3, 0.4) is 0 Å². The van der Waals surface area contributed by atoms with Crippen LogP contribution in [0, 0.1) is 0 Å². The number of aryl methyl sites for hydroxylation is 1. The second kappa shape index (κ2) is 5.48. The van der Waals surface area contributed by atoms with Gasteiger partial charge in [0.05, 0.1) is 22.5 Å². The van der Waals surface area contributed by atoms with Gasteiger partial charge in [-0.1, -0.05) is 6.07 Å². The Morgan fingerprint density at radius 2 is 1.96 bits per heavy atom. The smallest absolute Gasteiger partial charge is 0.0850 e. The average Bonchev–Trinajstić information content (AvgIpc) is 3.34. The first-order valence-corrected chi connectivity index (χ1v) is 9.96. The van der Waals surface area contributed by atoms with Crippen molar-refractivity contribution in [1.29, 1.82) is 0 Å². The molecule has 0 radical (unpaired) electrons. The summed E-state index contributed by atoms with van der Waals surface area (Å²) in [6.45, 7) is 0. The largest absolute Gasteiger partial charge is 0.383 e. The highest BCUT2D eigenvalue weighted by atomic mass is 32.2. The normalized spacial score (nSPS) is 18.6. The summed E-state index contributed by atoms with van der Waals surface area (Å²) in [7, 11) is 4.93. The van der Waals surface area contributed by atoms with Crippen LogP contribution < -0.4 is 10.2 Å². The van der Waals surface area contributed by atoms with Gasteiger partial charge in [-0.25, -0.2) is 4.21 Å². The molecule has 2 aromatic carbocycles. The van der Waals surface area contributed by atoms with Gasteiger partial charge in [-0.2, -0.15) is 0 Å². The van der Waals surface area contributed by atoms with Gasteiger partial charge >= 0.3 is 0 Å². The van der Waals surface area contributed by atoms with E-state index < -0.39 is 10.8 Å². The molecule has 26 heavy (non-hydrogen) atoms. The highest BCUT2D eigenvalue weighted by molar-refractivity contribution is 7.85. The number of aromatic nitrogens is 1. The first-order valence-electron chi connectivity index (χ1n) is 8.81. The fourth-order valence-electron chi connectivity index (χ4n) is 4.21. The maximum atomic E-state index is 13.2. The van der Waals surface area contributed by atoms with Crippen molar-refractivity contribution in [3.8, 4) is 0 Å². The lowest BCUT2D eigenvalue weighted by atomic mass is 10.1. The molecule has 2 unspecified atom stereocenters. The van der Waals surface area contributed by atoms with Gasteiger partial charge in [-0.3, -0.25) is 0 Å². The SMILES string of the molecule is CN(C)c1cccc(S(=O)c2ccc3c(c2)c2c(n3C)C3=CNC2C3)c1. The Kier molecular flexibility index (Phi) is 3.31. The summed E-state index contributed by atoms with van der Waals surface area (Å²) in [6, 6.07) is 14.5. The van der Waals surface area contributed by atoms with Gasteiger partial charge in [-0.15, -0.1) is 0 Å². The van der Waals surface area contributed by atoms with E-state index in [0.717, 1.165) is 21.9 Å². The average molecular weight is 363 g/mol. The van der Waals surface area contributed by atoms with Crippen LogP contribution in [0.25, 0.3) is 16.5 Å².